The van der Waals surface area contributed by atoms with E-state index in [0.717, 1.165) is 25.9 Å². The fraction of sp³-hybridized carbons (Fsp3) is 0.389. The fourth-order valence-corrected chi connectivity index (χ4v) is 3.31. The highest BCUT2D eigenvalue weighted by Crippen LogP contribution is 2.33. The molecule has 3 heteroatoms. The highest BCUT2D eigenvalue weighted by atomic mass is 16.2. The van der Waals surface area contributed by atoms with Gasteiger partial charge < -0.3 is 10.6 Å². The van der Waals surface area contributed by atoms with Crippen LogP contribution in [-0.4, -0.2) is 29.9 Å². The summed E-state index contributed by atoms with van der Waals surface area (Å²) in [6.45, 7) is 3.39. The Morgan fingerprint density at radius 3 is 2.52 bits per heavy atom. The van der Waals surface area contributed by atoms with Crippen LogP contribution < -0.4 is 5.73 Å². The first kappa shape index (κ1) is 14.1. The predicted molar refractivity (Wildman–Crippen MR) is 86.2 cm³/mol. The largest absolute Gasteiger partial charge is 0.341 e. The minimum atomic E-state index is -0.390. The Hall–Kier alpha value is -1.87. The summed E-state index contributed by atoms with van der Waals surface area (Å²) >= 11 is 0. The summed E-state index contributed by atoms with van der Waals surface area (Å²) in [5.41, 5.74) is 7.11. The minimum absolute atomic E-state index is 0.0753. The van der Waals surface area contributed by atoms with Crippen molar-refractivity contribution in [1.82, 2.24) is 4.90 Å². The monoisotopic (exact) mass is 282 g/mol. The standard InChI is InChI=1S/C18H22N2O/c1-13(19)18(21)20-11-9-15(10-12-20)17-8-4-6-14-5-2-3-7-16(14)17/h2-8,13,15H,9-12,19H2,1H3/t13-/m1/s1. The first-order valence-electron chi connectivity index (χ1n) is 7.69. The summed E-state index contributed by atoms with van der Waals surface area (Å²) in [5.74, 6) is 0.611. The van der Waals surface area contributed by atoms with Crippen LogP contribution in [0, 0.1) is 0 Å². The highest BCUT2D eigenvalue weighted by Gasteiger charge is 2.25. The summed E-state index contributed by atoms with van der Waals surface area (Å²) in [6.07, 6.45) is 2.04. The third-order valence-electron chi connectivity index (χ3n) is 4.46. The topological polar surface area (TPSA) is 46.3 Å². The van der Waals surface area contributed by atoms with Crippen molar-refractivity contribution < 1.29 is 4.79 Å². The first-order valence-corrected chi connectivity index (χ1v) is 7.69. The number of rotatable bonds is 2. The van der Waals surface area contributed by atoms with Crippen LogP contribution in [-0.2, 0) is 4.79 Å². The zero-order valence-corrected chi connectivity index (χ0v) is 12.5. The van der Waals surface area contributed by atoms with Gasteiger partial charge in [-0.15, -0.1) is 0 Å². The molecule has 2 aromatic rings. The Bertz CT molecular complexity index is 637. The molecule has 110 valence electrons. The van der Waals surface area contributed by atoms with E-state index in [-0.39, 0.29) is 11.9 Å². The van der Waals surface area contributed by atoms with Crippen molar-refractivity contribution in [3.05, 3.63) is 48.0 Å². The molecule has 0 aliphatic carbocycles. The van der Waals surface area contributed by atoms with Crippen LogP contribution >= 0.6 is 0 Å². The summed E-state index contributed by atoms with van der Waals surface area (Å²) in [7, 11) is 0. The lowest BCUT2D eigenvalue weighted by atomic mass is 9.86. The van der Waals surface area contributed by atoms with Gasteiger partial charge in [0.25, 0.3) is 0 Å². The van der Waals surface area contributed by atoms with E-state index in [0.29, 0.717) is 5.92 Å². The highest BCUT2D eigenvalue weighted by molar-refractivity contribution is 5.86. The van der Waals surface area contributed by atoms with Crippen LogP contribution in [0.25, 0.3) is 10.8 Å². The van der Waals surface area contributed by atoms with Crippen LogP contribution in [0.2, 0.25) is 0 Å². The molecule has 0 unspecified atom stereocenters. The average Bonchev–Trinajstić information content (AvgIpc) is 2.53. The second kappa shape index (κ2) is 5.86. The van der Waals surface area contributed by atoms with Crippen LogP contribution in [0.15, 0.2) is 42.5 Å². The van der Waals surface area contributed by atoms with E-state index >= 15 is 0 Å². The Kier molecular flexibility index (Phi) is 3.93. The third-order valence-corrected chi connectivity index (χ3v) is 4.46. The zero-order chi connectivity index (χ0) is 14.8. The van der Waals surface area contributed by atoms with Crippen LogP contribution in [0.3, 0.4) is 0 Å². The molecule has 3 rings (SSSR count). The van der Waals surface area contributed by atoms with Crippen LogP contribution in [0.5, 0.6) is 0 Å². The number of amides is 1. The van der Waals surface area contributed by atoms with Crippen LogP contribution in [0.1, 0.15) is 31.2 Å². The lowest BCUT2D eigenvalue weighted by molar-refractivity contribution is -0.133. The van der Waals surface area contributed by atoms with Gasteiger partial charge in [0.15, 0.2) is 0 Å². The van der Waals surface area contributed by atoms with Crippen molar-refractivity contribution in [2.45, 2.75) is 31.7 Å². The Morgan fingerprint density at radius 1 is 1.14 bits per heavy atom. The van der Waals surface area contributed by atoms with E-state index in [1.807, 2.05) is 4.90 Å². The fourth-order valence-electron chi connectivity index (χ4n) is 3.31. The van der Waals surface area contributed by atoms with E-state index in [1.165, 1.54) is 16.3 Å². The zero-order valence-electron chi connectivity index (χ0n) is 12.5. The molecule has 2 aromatic carbocycles. The van der Waals surface area contributed by atoms with Gasteiger partial charge in [-0.25, -0.2) is 0 Å². The number of benzene rings is 2. The van der Waals surface area contributed by atoms with E-state index in [9.17, 15) is 4.79 Å². The minimum Gasteiger partial charge on any atom is -0.341 e. The van der Waals surface area contributed by atoms with Crippen molar-refractivity contribution in [3.8, 4) is 0 Å². The number of carbonyl (C=O) groups is 1. The summed E-state index contributed by atoms with van der Waals surface area (Å²) in [5, 5.41) is 2.64. The molecule has 3 nitrogen and oxygen atoms in total. The lowest BCUT2D eigenvalue weighted by Crippen LogP contribution is -2.45. The average molecular weight is 282 g/mol. The lowest BCUT2D eigenvalue weighted by Gasteiger charge is -2.33. The Morgan fingerprint density at radius 2 is 1.81 bits per heavy atom. The molecule has 1 saturated heterocycles. The third kappa shape index (κ3) is 2.79. The number of hydrogen-bond acceptors (Lipinski definition) is 2. The molecule has 2 N–H and O–H groups in total. The normalized spacial score (nSPS) is 17.9. The summed E-state index contributed by atoms with van der Waals surface area (Å²) in [6, 6.07) is 14.7. The van der Waals surface area contributed by atoms with Crippen molar-refractivity contribution in [2.75, 3.05) is 13.1 Å². The molecule has 1 aliphatic heterocycles. The molecule has 0 saturated carbocycles. The van der Waals surface area contributed by atoms with Gasteiger partial charge in [-0.3, -0.25) is 4.79 Å². The summed E-state index contributed by atoms with van der Waals surface area (Å²) < 4.78 is 0. The van der Waals surface area contributed by atoms with Gasteiger partial charge in [-0.05, 0) is 42.0 Å². The second-order valence-electron chi connectivity index (χ2n) is 5.96. The van der Waals surface area contributed by atoms with Crippen molar-refractivity contribution in [1.29, 1.82) is 0 Å². The number of carbonyl (C=O) groups excluding carboxylic acids is 1. The summed E-state index contributed by atoms with van der Waals surface area (Å²) in [4.78, 5) is 13.9. The molecule has 0 radical (unpaired) electrons. The van der Waals surface area contributed by atoms with Gasteiger partial charge >= 0.3 is 0 Å². The number of nitrogens with zero attached hydrogens (tertiary/aromatic N) is 1. The molecule has 1 amide bonds. The number of nitrogens with two attached hydrogens (primary N) is 1. The number of fused-ring (bicyclic) bond motifs is 1. The molecular weight excluding hydrogens is 260 g/mol. The number of piperidine rings is 1. The molecule has 21 heavy (non-hydrogen) atoms. The molecule has 1 fully saturated rings. The van der Waals surface area contributed by atoms with Gasteiger partial charge in [0, 0.05) is 13.1 Å². The van der Waals surface area contributed by atoms with Gasteiger partial charge in [-0.2, -0.15) is 0 Å². The molecule has 0 bridgehead atoms. The maximum absolute atomic E-state index is 12.0. The SMILES string of the molecule is C[C@@H](N)C(=O)N1CCC(c2cccc3ccccc23)CC1. The van der Waals surface area contributed by atoms with Gasteiger partial charge in [-0.1, -0.05) is 42.5 Å². The predicted octanol–water partition coefficient (Wildman–Crippen LogP) is 2.89. The second-order valence-corrected chi connectivity index (χ2v) is 5.96. The quantitative estimate of drug-likeness (QED) is 0.920. The van der Waals surface area contributed by atoms with Gasteiger partial charge in [0.2, 0.25) is 5.91 Å². The number of hydrogen-bond donors (Lipinski definition) is 1. The smallest absolute Gasteiger partial charge is 0.239 e. The van der Waals surface area contributed by atoms with E-state index in [4.69, 9.17) is 5.73 Å². The van der Waals surface area contributed by atoms with Crippen LogP contribution in [0.4, 0.5) is 0 Å². The van der Waals surface area contributed by atoms with Crippen molar-refractivity contribution in [3.63, 3.8) is 0 Å². The Balaban J connectivity index is 1.79. The Labute approximate surface area is 125 Å². The van der Waals surface area contributed by atoms with Gasteiger partial charge in [0.05, 0.1) is 6.04 Å². The van der Waals surface area contributed by atoms with E-state index < -0.39 is 0 Å². The molecule has 1 heterocycles. The van der Waals surface area contributed by atoms with E-state index in [2.05, 4.69) is 42.5 Å². The molecule has 0 aromatic heterocycles. The van der Waals surface area contributed by atoms with Gasteiger partial charge in [0.1, 0.15) is 0 Å². The number of likely N-dealkylation sites (tertiary alicyclic amines) is 1. The molecular formula is C18H22N2O. The first-order chi connectivity index (χ1) is 10.2. The van der Waals surface area contributed by atoms with E-state index in [1.54, 1.807) is 6.92 Å². The van der Waals surface area contributed by atoms with Crippen molar-refractivity contribution in [2.24, 2.45) is 5.73 Å². The molecule has 1 atom stereocenters. The van der Waals surface area contributed by atoms with Crippen molar-refractivity contribution >= 4 is 16.7 Å². The maximum atomic E-state index is 12.0. The molecule has 0 spiro atoms. The molecule has 1 aliphatic rings. The maximum Gasteiger partial charge on any atom is 0.239 e.